The van der Waals surface area contributed by atoms with Crippen molar-refractivity contribution in [2.24, 2.45) is 0 Å². The fraction of sp³-hybridized carbons (Fsp3) is 0.0833. The van der Waals surface area contributed by atoms with Crippen molar-refractivity contribution in [1.82, 2.24) is 10.2 Å². The molecule has 0 spiro atoms. The van der Waals surface area contributed by atoms with Gasteiger partial charge in [0.1, 0.15) is 11.5 Å². The van der Waals surface area contributed by atoms with Crippen LogP contribution in [-0.4, -0.2) is 16.1 Å². The number of amides is 1. The molecule has 1 aromatic heterocycles. The second-order valence-corrected chi connectivity index (χ2v) is 7.20. The van der Waals surface area contributed by atoms with E-state index in [1.54, 1.807) is 11.0 Å². The summed E-state index contributed by atoms with van der Waals surface area (Å²) in [6.07, 6.45) is 0. The van der Waals surface area contributed by atoms with E-state index in [-0.39, 0.29) is 11.7 Å². The highest BCUT2D eigenvalue weighted by molar-refractivity contribution is 6.11. The molecular formula is C24H18FN3O. The van der Waals surface area contributed by atoms with E-state index in [2.05, 4.69) is 10.2 Å². The maximum absolute atomic E-state index is 14.1. The lowest BCUT2D eigenvalue weighted by Crippen LogP contribution is -2.29. The molecule has 5 rings (SSSR count). The van der Waals surface area contributed by atoms with Gasteiger partial charge >= 0.3 is 0 Å². The zero-order valence-electron chi connectivity index (χ0n) is 15.8. The van der Waals surface area contributed by atoms with Crippen molar-refractivity contribution < 1.29 is 9.18 Å². The lowest BCUT2D eigenvalue weighted by atomic mass is 9.95. The molecule has 3 aromatic carbocycles. The summed E-state index contributed by atoms with van der Waals surface area (Å²) in [5.74, 6) is -0.511. The Morgan fingerprint density at radius 2 is 1.72 bits per heavy atom. The van der Waals surface area contributed by atoms with Gasteiger partial charge in [-0.1, -0.05) is 60.2 Å². The van der Waals surface area contributed by atoms with E-state index >= 15 is 0 Å². The van der Waals surface area contributed by atoms with Crippen molar-refractivity contribution in [3.05, 3.63) is 107 Å². The summed E-state index contributed by atoms with van der Waals surface area (Å²) < 4.78 is 14.1. The van der Waals surface area contributed by atoms with Gasteiger partial charge in [-0.15, -0.1) is 0 Å². The summed E-state index contributed by atoms with van der Waals surface area (Å²) in [5.41, 5.74) is 5.44. The average molecular weight is 383 g/mol. The maximum Gasteiger partial charge on any atom is 0.277 e. The number of hydrogen-bond acceptors (Lipinski definition) is 2. The largest absolute Gasteiger partial charge is 0.295 e. The number of halogens is 1. The number of aromatic nitrogens is 2. The number of para-hydroxylation sites is 1. The number of fused-ring (bicyclic) bond motifs is 1. The Morgan fingerprint density at radius 3 is 2.45 bits per heavy atom. The molecule has 0 saturated heterocycles. The summed E-state index contributed by atoms with van der Waals surface area (Å²) in [6.45, 7) is 2.02. The number of aromatic amines is 1. The average Bonchev–Trinajstić information content (AvgIpc) is 3.28. The number of carbonyl (C=O) groups excluding carboxylic acids is 1. The summed E-state index contributed by atoms with van der Waals surface area (Å²) in [7, 11) is 0. The number of aryl methyl sites for hydroxylation is 1. The standard InChI is InChI=1S/C24H18FN3O/c1-15-10-12-16(13-11-15)21-20-22(27-26-21)24(29)28(19-8-3-2-4-9-19)23(20)17-6-5-7-18(25)14-17/h2-14,23H,1H3,(H,26,27). The lowest BCUT2D eigenvalue weighted by Gasteiger charge is -2.26. The quantitative estimate of drug-likeness (QED) is 0.524. The number of H-pyrrole nitrogens is 1. The highest BCUT2D eigenvalue weighted by Gasteiger charge is 2.43. The summed E-state index contributed by atoms with van der Waals surface area (Å²) in [4.78, 5) is 15.0. The number of carbonyl (C=O) groups is 1. The molecule has 4 aromatic rings. The summed E-state index contributed by atoms with van der Waals surface area (Å²) in [6, 6.07) is 23.4. The van der Waals surface area contributed by atoms with E-state index in [0.717, 1.165) is 22.4 Å². The number of nitrogens with one attached hydrogen (secondary N) is 1. The highest BCUT2D eigenvalue weighted by atomic mass is 19.1. The van der Waals surface area contributed by atoms with Crippen LogP contribution in [-0.2, 0) is 0 Å². The van der Waals surface area contributed by atoms with Crippen molar-refractivity contribution in [2.75, 3.05) is 4.90 Å². The molecule has 0 bridgehead atoms. The zero-order chi connectivity index (χ0) is 20.0. The molecule has 1 atom stereocenters. The van der Waals surface area contributed by atoms with Crippen LogP contribution in [0.5, 0.6) is 0 Å². The van der Waals surface area contributed by atoms with Crippen molar-refractivity contribution in [3.8, 4) is 11.3 Å². The van der Waals surface area contributed by atoms with E-state index in [0.29, 0.717) is 17.0 Å². The third-order valence-corrected chi connectivity index (χ3v) is 5.29. The molecule has 0 saturated carbocycles. The van der Waals surface area contributed by atoms with Crippen LogP contribution in [0.15, 0.2) is 78.9 Å². The van der Waals surface area contributed by atoms with Gasteiger partial charge in [-0.2, -0.15) is 5.10 Å². The molecule has 29 heavy (non-hydrogen) atoms. The predicted molar refractivity (Wildman–Crippen MR) is 110 cm³/mol. The molecule has 1 unspecified atom stereocenters. The van der Waals surface area contributed by atoms with Crippen LogP contribution in [0.3, 0.4) is 0 Å². The Balaban J connectivity index is 1.74. The predicted octanol–water partition coefficient (Wildman–Crippen LogP) is 5.27. The van der Waals surface area contributed by atoms with Gasteiger partial charge in [0.25, 0.3) is 5.91 Å². The van der Waals surface area contributed by atoms with E-state index in [4.69, 9.17) is 0 Å². The molecule has 0 radical (unpaired) electrons. The van der Waals surface area contributed by atoms with Crippen LogP contribution in [0, 0.1) is 12.7 Å². The Kier molecular flexibility index (Phi) is 4.02. The Bertz CT molecular complexity index is 1200. The van der Waals surface area contributed by atoms with Crippen LogP contribution >= 0.6 is 0 Å². The van der Waals surface area contributed by atoms with Gasteiger partial charge in [-0.05, 0) is 36.8 Å². The number of anilines is 1. The smallest absolute Gasteiger partial charge is 0.277 e. The minimum atomic E-state index is -0.467. The monoisotopic (exact) mass is 383 g/mol. The van der Waals surface area contributed by atoms with Gasteiger partial charge in [0.15, 0.2) is 0 Å². The second kappa shape index (κ2) is 6.71. The lowest BCUT2D eigenvalue weighted by molar-refractivity contribution is 0.0988. The van der Waals surface area contributed by atoms with Gasteiger partial charge in [0.2, 0.25) is 0 Å². The van der Waals surface area contributed by atoms with E-state index in [1.165, 1.54) is 12.1 Å². The topological polar surface area (TPSA) is 49.0 Å². The van der Waals surface area contributed by atoms with Crippen LogP contribution in [0.1, 0.15) is 33.2 Å². The zero-order valence-corrected chi connectivity index (χ0v) is 15.8. The van der Waals surface area contributed by atoms with Crippen LogP contribution in [0.4, 0.5) is 10.1 Å². The number of benzene rings is 3. The minimum absolute atomic E-state index is 0.175. The fourth-order valence-corrected chi connectivity index (χ4v) is 3.93. The normalized spacial score (nSPS) is 15.6. The molecule has 1 aliphatic rings. The van der Waals surface area contributed by atoms with E-state index in [9.17, 15) is 9.18 Å². The van der Waals surface area contributed by atoms with Crippen molar-refractivity contribution in [3.63, 3.8) is 0 Å². The number of hydrogen-bond donors (Lipinski definition) is 1. The Hall–Kier alpha value is -3.73. The molecule has 2 heterocycles. The van der Waals surface area contributed by atoms with Gasteiger partial charge < -0.3 is 0 Å². The molecular weight excluding hydrogens is 365 g/mol. The Morgan fingerprint density at radius 1 is 0.966 bits per heavy atom. The molecule has 1 N–H and O–H groups in total. The van der Waals surface area contributed by atoms with E-state index in [1.807, 2.05) is 67.6 Å². The van der Waals surface area contributed by atoms with Crippen LogP contribution < -0.4 is 4.90 Å². The molecule has 4 nitrogen and oxygen atoms in total. The second-order valence-electron chi connectivity index (χ2n) is 7.20. The number of nitrogens with zero attached hydrogens (tertiary/aromatic N) is 2. The van der Waals surface area contributed by atoms with Gasteiger partial charge in [-0.3, -0.25) is 14.8 Å². The van der Waals surface area contributed by atoms with Crippen molar-refractivity contribution in [1.29, 1.82) is 0 Å². The van der Waals surface area contributed by atoms with Crippen molar-refractivity contribution >= 4 is 11.6 Å². The summed E-state index contributed by atoms with van der Waals surface area (Å²) >= 11 is 0. The van der Waals surface area contributed by atoms with Gasteiger partial charge in [0.05, 0.1) is 11.7 Å². The highest BCUT2D eigenvalue weighted by Crippen LogP contribution is 2.44. The molecule has 5 heteroatoms. The molecule has 0 fully saturated rings. The molecule has 0 aliphatic carbocycles. The first-order valence-electron chi connectivity index (χ1n) is 9.43. The first-order valence-corrected chi connectivity index (χ1v) is 9.43. The minimum Gasteiger partial charge on any atom is -0.295 e. The van der Waals surface area contributed by atoms with E-state index < -0.39 is 6.04 Å². The third-order valence-electron chi connectivity index (χ3n) is 5.29. The van der Waals surface area contributed by atoms with Gasteiger partial charge in [0, 0.05) is 16.8 Å². The van der Waals surface area contributed by atoms with Crippen molar-refractivity contribution in [2.45, 2.75) is 13.0 Å². The molecule has 1 amide bonds. The fourth-order valence-electron chi connectivity index (χ4n) is 3.93. The third kappa shape index (κ3) is 2.83. The molecule has 142 valence electrons. The van der Waals surface area contributed by atoms with Gasteiger partial charge in [-0.25, -0.2) is 4.39 Å². The number of rotatable bonds is 3. The maximum atomic E-state index is 14.1. The van der Waals surface area contributed by atoms with Crippen LogP contribution in [0.2, 0.25) is 0 Å². The first-order chi connectivity index (χ1) is 14.1. The molecule has 1 aliphatic heterocycles. The first kappa shape index (κ1) is 17.4. The van der Waals surface area contributed by atoms with Crippen LogP contribution in [0.25, 0.3) is 11.3 Å². The Labute approximate surface area is 167 Å². The SMILES string of the molecule is Cc1ccc(-c2n[nH]c3c2C(c2cccc(F)c2)N(c2ccccc2)C3=O)cc1. The summed E-state index contributed by atoms with van der Waals surface area (Å²) in [5, 5.41) is 7.38.